The molecule has 1 aliphatic heterocycles. The molecule has 1 saturated heterocycles. The normalized spacial score (nSPS) is 39.8. The Labute approximate surface area is 54.1 Å². The molecule has 0 aliphatic carbocycles. The lowest BCUT2D eigenvalue weighted by atomic mass is 10.1. The average molecular weight is 135 g/mol. The number of thiol groups is 1. The summed E-state index contributed by atoms with van der Waals surface area (Å²) in [6.07, 6.45) is 0.108. The van der Waals surface area contributed by atoms with E-state index in [2.05, 4.69) is 17.9 Å². The molecular formula is C5H10FNS. The molecule has 0 spiro atoms. The fourth-order valence-corrected chi connectivity index (χ4v) is 1.04. The van der Waals surface area contributed by atoms with Crippen LogP contribution in [-0.4, -0.2) is 24.5 Å². The lowest BCUT2D eigenvalue weighted by Gasteiger charge is -2.21. The number of rotatable bonds is 0. The van der Waals surface area contributed by atoms with Crippen molar-refractivity contribution < 1.29 is 4.39 Å². The van der Waals surface area contributed by atoms with E-state index >= 15 is 0 Å². The number of halogens is 1. The van der Waals surface area contributed by atoms with Gasteiger partial charge in [-0.3, -0.25) is 0 Å². The Balaban J connectivity index is 2.28. The minimum Gasteiger partial charge on any atom is -0.314 e. The Bertz CT molecular complexity index is 68.8. The first-order valence-corrected chi connectivity index (χ1v) is 3.35. The second-order valence-corrected chi connectivity index (χ2v) is 2.74. The number of hydrogen-bond donors (Lipinski definition) is 2. The molecule has 3 heteroatoms. The molecule has 0 amide bonds. The molecule has 1 N–H and O–H groups in total. The first kappa shape index (κ1) is 6.36. The smallest absolute Gasteiger partial charge is 0.124 e. The van der Waals surface area contributed by atoms with Crippen LogP contribution >= 0.6 is 12.6 Å². The van der Waals surface area contributed by atoms with Crippen LogP contribution in [0.2, 0.25) is 0 Å². The van der Waals surface area contributed by atoms with Gasteiger partial charge in [0.2, 0.25) is 0 Å². The third-order valence-electron chi connectivity index (χ3n) is 1.37. The molecule has 0 aromatic rings. The van der Waals surface area contributed by atoms with E-state index in [0.29, 0.717) is 6.54 Å². The first-order valence-electron chi connectivity index (χ1n) is 2.83. The predicted molar refractivity (Wildman–Crippen MR) is 35.2 cm³/mol. The maximum absolute atomic E-state index is 12.4. The SMILES string of the molecule is F[C@@H]1CNCC[C@H]1S. The lowest BCUT2D eigenvalue weighted by Crippen LogP contribution is -2.38. The van der Waals surface area contributed by atoms with Crippen molar-refractivity contribution in [2.45, 2.75) is 17.8 Å². The molecule has 0 radical (unpaired) electrons. The van der Waals surface area contributed by atoms with Crippen molar-refractivity contribution in [1.82, 2.24) is 5.32 Å². The first-order chi connectivity index (χ1) is 3.80. The summed E-state index contributed by atoms with van der Waals surface area (Å²) in [5, 5.41) is 2.91. The average Bonchev–Trinajstić information content (AvgIpc) is 1.77. The minimum absolute atomic E-state index is 0.0313. The molecule has 0 aromatic carbocycles. The van der Waals surface area contributed by atoms with Gasteiger partial charge in [0.25, 0.3) is 0 Å². The van der Waals surface area contributed by atoms with Gasteiger partial charge in [-0.15, -0.1) is 0 Å². The summed E-state index contributed by atoms with van der Waals surface area (Å²) in [5.74, 6) is 0. The summed E-state index contributed by atoms with van der Waals surface area (Å²) in [4.78, 5) is 0. The zero-order chi connectivity index (χ0) is 5.98. The number of piperidine rings is 1. The Morgan fingerprint density at radius 1 is 1.62 bits per heavy atom. The third-order valence-corrected chi connectivity index (χ3v) is 1.96. The van der Waals surface area contributed by atoms with Crippen LogP contribution in [0.4, 0.5) is 4.39 Å². The van der Waals surface area contributed by atoms with E-state index in [9.17, 15) is 4.39 Å². The summed E-state index contributed by atoms with van der Waals surface area (Å²) in [6.45, 7) is 1.39. The largest absolute Gasteiger partial charge is 0.314 e. The van der Waals surface area contributed by atoms with Crippen LogP contribution in [0.25, 0.3) is 0 Å². The summed E-state index contributed by atoms with van der Waals surface area (Å²) < 4.78 is 12.4. The van der Waals surface area contributed by atoms with Crippen LogP contribution < -0.4 is 5.32 Å². The van der Waals surface area contributed by atoms with E-state index < -0.39 is 6.17 Å². The van der Waals surface area contributed by atoms with Gasteiger partial charge in [0.1, 0.15) is 6.17 Å². The van der Waals surface area contributed by atoms with Crippen molar-refractivity contribution in [3.63, 3.8) is 0 Å². The molecule has 1 rings (SSSR count). The molecule has 0 unspecified atom stereocenters. The van der Waals surface area contributed by atoms with Gasteiger partial charge >= 0.3 is 0 Å². The fourth-order valence-electron chi connectivity index (χ4n) is 0.807. The minimum atomic E-state index is -0.743. The molecule has 48 valence electrons. The van der Waals surface area contributed by atoms with E-state index in [0.717, 1.165) is 13.0 Å². The predicted octanol–water partition coefficient (Wildman–Crippen LogP) is 0.616. The molecule has 0 saturated carbocycles. The molecule has 0 aromatic heterocycles. The van der Waals surface area contributed by atoms with E-state index in [1.807, 2.05) is 0 Å². The van der Waals surface area contributed by atoms with Gasteiger partial charge in [-0.25, -0.2) is 4.39 Å². The van der Waals surface area contributed by atoms with Gasteiger partial charge in [-0.2, -0.15) is 12.6 Å². The highest BCUT2D eigenvalue weighted by Gasteiger charge is 2.19. The van der Waals surface area contributed by atoms with Crippen LogP contribution in [-0.2, 0) is 0 Å². The van der Waals surface area contributed by atoms with Crippen molar-refractivity contribution in [1.29, 1.82) is 0 Å². The molecule has 1 aliphatic rings. The highest BCUT2D eigenvalue weighted by Crippen LogP contribution is 2.12. The topological polar surface area (TPSA) is 12.0 Å². The van der Waals surface area contributed by atoms with Crippen LogP contribution in [0, 0.1) is 0 Å². The number of nitrogens with one attached hydrogen (secondary N) is 1. The Kier molecular flexibility index (Phi) is 2.14. The molecule has 1 nitrogen and oxygen atoms in total. The Morgan fingerprint density at radius 3 is 2.75 bits per heavy atom. The van der Waals surface area contributed by atoms with Crippen LogP contribution in [0.5, 0.6) is 0 Å². The summed E-state index contributed by atoms with van der Waals surface area (Å²) in [7, 11) is 0. The molecule has 1 fully saturated rings. The van der Waals surface area contributed by atoms with E-state index in [1.54, 1.807) is 0 Å². The van der Waals surface area contributed by atoms with Crippen molar-refractivity contribution >= 4 is 12.6 Å². The van der Waals surface area contributed by atoms with Crippen LogP contribution in [0.3, 0.4) is 0 Å². The quantitative estimate of drug-likeness (QED) is 0.464. The van der Waals surface area contributed by atoms with Gasteiger partial charge in [0.15, 0.2) is 0 Å². The standard InChI is InChI=1S/C5H10FNS/c6-4-3-7-2-1-5(4)8/h4-5,7-8H,1-3H2/t4-,5-/m1/s1. The van der Waals surface area contributed by atoms with Crippen LogP contribution in [0.15, 0.2) is 0 Å². The number of hydrogen-bond acceptors (Lipinski definition) is 2. The zero-order valence-electron chi connectivity index (χ0n) is 4.60. The van der Waals surface area contributed by atoms with Gasteiger partial charge in [-0.1, -0.05) is 0 Å². The zero-order valence-corrected chi connectivity index (χ0v) is 5.50. The van der Waals surface area contributed by atoms with Gasteiger partial charge in [0, 0.05) is 11.8 Å². The summed E-state index contributed by atoms with van der Waals surface area (Å²) >= 11 is 4.04. The van der Waals surface area contributed by atoms with Crippen molar-refractivity contribution in [2.24, 2.45) is 0 Å². The number of alkyl halides is 1. The van der Waals surface area contributed by atoms with Crippen LogP contribution in [0.1, 0.15) is 6.42 Å². The lowest BCUT2D eigenvalue weighted by molar-refractivity contribution is 0.276. The second kappa shape index (κ2) is 2.69. The highest BCUT2D eigenvalue weighted by molar-refractivity contribution is 7.81. The molecule has 0 bridgehead atoms. The monoisotopic (exact) mass is 135 g/mol. The second-order valence-electron chi connectivity index (χ2n) is 2.08. The van der Waals surface area contributed by atoms with Gasteiger partial charge in [0.05, 0.1) is 0 Å². The van der Waals surface area contributed by atoms with Gasteiger partial charge in [-0.05, 0) is 13.0 Å². The maximum Gasteiger partial charge on any atom is 0.124 e. The Hall–Kier alpha value is 0.240. The highest BCUT2D eigenvalue weighted by atomic mass is 32.1. The van der Waals surface area contributed by atoms with Gasteiger partial charge < -0.3 is 5.32 Å². The van der Waals surface area contributed by atoms with E-state index in [4.69, 9.17) is 0 Å². The van der Waals surface area contributed by atoms with Crippen molar-refractivity contribution in [3.05, 3.63) is 0 Å². The molecule has 8 heavy (non-hydrogen) atoms. The third kappa shape index (κ3) is 1.36. The molecule has 1 heterocycles. The summed E-state index contributed by atoms with van der Waals surface area (Å²) in [6, 6.07) is 0. The van der Waals surface area contributed by atoms with Crippen molar-refractivity contribution in [2.75, 3.05) is 13.1 Å². The molecule has 2 atom stereocenters. The summed E-state index contributed by atoms with van der Waals surface area (Å²) in [5.41, 5.74) is 0. The Morgan fingerprint density at radius 2 is 2.38 bits per heavy atom. The molecular weight excluding hydrogens is 125 g/mol. The van der Waals surface area contributed by atoms with E-state index in [1.165, 1.54) is 0 Å². The van der Waals surface area contributed by atoms with E-state index in [-0.39, 0.29) is 5.25 Å². The maximum atomic E-state index is 12.4. The fraction of sp³-hybridized carbons (Fsp3) is 1.00. The van der Waals surface area contributed by atoms with Crippen molar-refractivity contribution in [3.8, 4) is 0 Å².